The van der Waals surface area contributed by atoms with Gasteiger partial charge >= 0.3 is 12.2 Å². The van der Waals surface area contributed by atoms with E-state index in [9.17, 15) is 19.8 Å². The molecule has 36 heavy (non-hydrogen) atoms. The fraction of sp³-hybridized carbons (Fsp3) is 0.357. The molecule has 0 saturated carbocycles. The average Bonchev–Trinajstić information content (AvgIpc) is 3.49. The minimum Gasteiger partial charge on any atom is -0.445 e. The number of carbonyl (C=O) groups is 2. The molecule has 2 heterocycles. The Labute approximate surface area is 212 Å². The van der Waals surface area contributed by atoms with Crippen molar-refractivity contribution < 1.29 is 29.3 Å². The summed E-state index contributed by atoms with van der Waals surface area (Å²) >= 11 is 0. The van der Waals surface area contributed by atoms with Crippen LogP contribution >= 0.6 is 0 Å². The summed E-state index contributed by atoms with van der Waals surface area (Å²) in [6, 6.07) is 19.0. The van der Waals surface area contributed by atoms with Gasteiger partial charge in [-0.05, 0) is 11.1 Å². The molecule has 0 bridgehead atoms. The van der Waals surface area contributed by atoms with Crippen molar-refractivity contribution >= 4 is 12.2 Å². The van der Waals surface area contributed by atoms with Gasteiger partial charge in [-0.15, -0.1) is 13.2 Å². The minimum atomic E-state index is -0.535. The van der Waals surface area contributed by atoms with Gasteiger partial charge in [0.1, 0.15) is 13.2 Å². The number of likely N-dealkylation sites (tertiary alicyclic amines) is 2. The Morgan fingerprint density at radius 1 is 0.722 bits per heavy atom. The van der Waals surface area contributed by atoms with Crippen LogP contribution in [-0.2, 0) is 22.7 Å². The molecule has 2 aromatic rings. The summed E-state index contributed by atoms with van der Waals surface area (Å²) in [4.78, 5) is 26.6. The normalized spacial score (nSPS) is 22.8. The van der Waals surface area contributed by atoms with E-state index >= 15 is 0 Å². The molecule has 0 radical (unpaired) electrons. The maximum atomic E-state index is 11.8. The molecular formula is C28H34N2O6. The van der Waals surface area contributed by atoms with E-state index in [-0.39, 0.29) is 37.2 Å². The maximum Gasteiger partial charge on any atom is 0.410 e. The van der Waals surface area contributed by atoms with Crippen LogP contribution in [0.4, 0.5) is 9.59 Å². The fourth-order valence-electron chi connectivity index (χ4n) is 4.01. The van der Waals surface area contributed by atoms with Crippen molar-refractivity contribution in [2.45, 2.75) is 25.4 Å². The van der Waals surface area contributed by atoms with Crippen molar-refractivity contribution in [3.05, 3.63) is 97.1 Å². The van der Waals surface area contributed by atoms with Gasteiger partial charge in [0, 0.05) is 24.9 Å². The number of aliphatic hydroxyl groups is 2. The second kappa shape index (κ2) is 13.5. The number of nitrogens with zero attached hydrogens (tertiary/aromatic N) is 2. The Morgan fingerprint density at radius 3 is 1.39 bits per heavy atom. The quantitative estimate of drug-likeness (QED) is 0.596. The number of benzene rings is 2. The molecule has 2 amide bonds. The summed E-state index contributed by atoms with van der Waals surface area (Å²) in [5, 5.41) is 19.3. The summed E-state index contributed by atoms with van der Waals surface area (Å²) < 4.78 is 10.4. The number of hydrogen-bond acceptors (Lipinski definition) is 6. The summed E-state index contributed by atoms with van der Waals surface area (Å²) in [7, 11) is 0. The molecule has 4 rings (SSSR count). The summed E-state index contributed by atoms with van der Waals surface area (Å²) in [5.41, 5.74) is 1.90. The molecule has 0 spiro atoms. The van der Waals surface area contributed by atoms with Crippen LogP contribution in [0, 0.1) is 11.8 Å². The molecule has 2 aliphatic rings. The molecule has 192 valence electrons. The van der Waals surface area contributed by atoms with Gasteiger partial charge in [-0.1, -0.05) is 72.8 Å². The van der Waals surface area contributed by atoms with Gasteiger partial charge in [0.2, 0.25) is 0 Å². The zero-order valence-electron chi connectivity index (χ0n) is 20.3. The van der Waals surface area contributed by atoms with Crippen LogP contribution in [-0.4, -0.2) is 70.6 Å². The highest BCUT2D eigenvalue weighted by Crippen LogP contribution is 2.20. The SMILES string of the molecule is C=C[C@@H]1CN(C(=O)OCc2ccccc2)C[C@H]1O.C=C[C@H]1CN(C(=O)OCc2ccccc2)C[C@@H]1O. The predicted molar refractivity (Wildman–Crippen MR) is 136 cm³/mol. The van der Waals surface area contributed by atoms with Crippen LogP contribution in [0.25, 0.3) is 0 Å². The fourth-order valence-corrected chi connectivity index (χ4v) is 4.01. The standard InChI is InChI=1S/2C14H17NO3/c2*1-2-12-8-15(9-13(12)16)14(17)18-10-11-6-4-3-5-7-11/h2*2-7,12-13,16H,1,8-10H2/t2*12-,13-/m10/s1. The first-order valence-corrected chi connectivity index (χ1v) is 11.9. The largest absolute Gasteiger partial charge is 0.445 e. The van der Waals surface area contributed by atoms with E-state index in [2.05, 4.69) is 13.2 Å². The molecule has 8 heteroatoms. The van der Waals surface area contributed by atoms with E-state index in [1.807, 2.05) is 60.7 Å². The van der Waals surface area contributed by atoms with Crippen molar-refractivity contribution in [1.82, 2.24) is 9.80 Å². The number of β-amino-alcohol motifs (C(OH)–C–C–N with tert-alkyl or cyclic N) is 2. The lowest BCUT2D eigenvalue weighted by atomic mass is 10.1. The Hall–Kier alpha value is -3.62. The van der Waals surface area contributed by atoms with Gasteiger partial charge in [-0.2, -0.15) is 0 Å². The van der Waals surface area contributed by atoms with Crippen molar-refractivity contribution in [3.8, 4) is 0 Å². The molecule has 4 atom stereocenters. The van der Waals surface area contributed by atoms with Crippen LogP contribution in [0.5, 0.6) is 0 Å². The van der Waals surface area contributed by atoms with Gasteiger partial charge in [-0.25, -0.2) is 9.59 Å². The molecule has 8 nitrogen and oxygen atoms in total. The summed E-state index contributed by atoms with van der Waals surface area (Å²) in [5.74, 6) is -0.122. The Bertz CT molecular complexity index is 918. The second-order valence-corrected chi connectivity index (χ2v) is 8.82. The van der Waals surface area contributed by atoms with Crippen molar-refractivity contribution in [2.24, 2.45) is 11.8 Å². The van der Waals surface area contributed by atoms with Crippen LogP contribution in [0.1, 0.15) is 11.1 Å². The number of ether oxygens (including phenoxy) is 2. The third-order valence-corrected chi connectivity index (χ3v) is 6.20. The second-order valence-electron chi connectivity index (χ2n) is 8.82. The summed E-state index contributed by atoms with van der Waals surface area (Å²) in [6.07, 6.45) is 1.51. The molecule has 2 aromatic carbocycles. The van der Waals surface area contributed by atoms with E-state index in [1.54, 1.807) is 12.2 Å². The zero-order chi connectivity index (χ0) is 25.9. The monoisotopic (exact) mass is 494 g/mol. The van der Waals surface area contributed by atoms with Crippen molar-refractivity contribution in [1.29, 1.82) is 0 Å². The molecule has 0 aliphatic carbocycles. The predicted octanol–water partition coefficient (Wildman–Crippen LogP) is 3.60. The summed E-state index contributed by atoms with van der Waals surface area (Å²) in [6.45, 7) is 9.35. The molecule has 0 aromatic heterocycles. The lowest BCUT2D eigenvalue weighted by Gasteiger charge is -2.15. The molecule has 2 aliphatic heterocycles. The number of aliphatic hydroxyl groups excluding tert-OH is 2. The third-order valence-electron chi connectivity index (χ3n) is 6.20. The number of rotatable bonds is 6. The molecule has 2 fully saturated rings. The minimum absolute atomic E-state index is 0.0609. The highest BCUT2D eigenvalue weighted by molar-refractivity contribution is 5.68. The lowest BCUT2D eigenvalue weighted by molar-refractivity contribution is 0.0966. The van der Waals surface area contributed by atoms with Gasteiger partial charge < -0.3 is 29.5 Å². The average molecular weight is 495 g/mol. The highest BCUT2D eigenvalue weighted by atomic mass is 16.6. The van der Waals surface area contributed by atoms with Crippen LogP contribution < -0.4 is 0 Å². The Balaban J connectivity index is 0.000000201. The van der Waals surface area contributed by atoms with Gasteiger partial charge in [0.15, 0.2) is 0 Å². The number of carbonyl (C=O) groups excluding carboxylic acids is 2. The smallest absolute Gasteiger partial charge is 0.410 e. The molecule has 2 N–H and O–H groups in total. The van der Waals surface area contributed by atoms with Gasteiger partial charge in [-0.3, -0.25) is 0 Å². The van der Waals surface area contributed by atoms with Crippen molar-refractivity contribution in [3.63, 3.8) is 0 Å². The number of amides is 2. The first-order chi connectivity index (χ1) is 17.4. The van der Waals surface area contributed by atoms with Crippen LogP contribution in [0.3, 0.4) is 0 Å². The molecular weight excluding hydrogens is 460 g/mol. The first-order valence-electron chi connectivity index (χ1n) is 11.9. The molecule has 0 unspecified atom stereocenters. The third kappa shape index (κ3) is 7.69. The van der Waals surface area contributed by atoms with E-state index in [0.717, 1.165) is 11.1 Å². The van der Waals surface area contributed by atoms with Gasteiger partial charge in [0.25, 0.3) is 0 Å². The maximum absolute atomic E-state index is 11.8. The first kappa shape index (κ1) is 27.0. The topological polar surface area (TPSA) is 99.5 Å². The molecule has 2 saturated heterocycles. The van der Waals surface area contributed by atoms with Gasteiger partial charge in [0.05, 0.1) is 25.3 Å². The van der Waals surface area contributed by atoms with Crippen LogP contribution in [0.15, 0.2) is 86.0 Å². The van der Waals surface area contributed by atoms with E-state index in [0.29, 0.717) is 26.2 Å². The zero-order valence-corrected chi connectivity index (χ0v) is 20.3. The lowest BCUT2D eigenvalue weighted by Crippen LogP contribution is -2.30. The van der Waals surface area contributed by atoms with E-state index < -0.39 is 12.2 Å². The number of hydrogen-bond donors (Lipinski definition) is 2. The Kier molecular flexibility index (Phi) is 10.1. The Morgan fingerprint density at radius 2 is 1.08 bits per heavy atom. The van der Waals surface area contributed by atoms with E-state index in [4.69, 9.17) is 9.47 Å². The highest BCUT2D eigenvalue weighted by Gasteiger charge is 2.33. The van der Waals surface area contributed by atoms with Crippen molar-refractivity contribution in [2.75, 3.05) is 26.2 Å². The van der Waals surface area contributed by atoms with Crippen LogP contribution in [0.2, 0.25) is 0 Å². The van der Waals surface area contributed by atoms with E-state index in [1.165, 1.54) is 9.80 Å².